The van der Waals surface area contributed by atoms with E-state index < -0.39 is 22.9 Å². The lowest BCUT2D eigenvalue weighted by Gasteiger charge is -2.15. The largest absolute Gasteiger partial charge is 0.481 e. The molecule has 0 fully saturated rings. The summed E-state index contributed by atoms with van der Waals surface area (Å²) in [5.41, 5.74) is 0.263. The first-order valence-corrected chi connectivity index (χ1v) is 7.90. The van der Waals surface area contributed by atoms with Crippen molar-refractivity contribution in [2.75, 3.05) is 11.9 Å². The Balaban J connectivity index is 2.01. The maximum atomic E-state index is 12.2. The zero-order valence-corrected chi connectivity index (χ0v) is 14.3. The van der Waals surface area contributed by atoms with E-state index in [2.05, 4.69) is 5.32 Å². The van der Waals surface area contributed by atoms with Crippen LogP contribution in [0.15, 0.2) is 48.5 Å². The number of hydrogen-bond donors (Lipinski definition) is 1. The molecule has 0 aliphatic heterocycles. The van der Waals surface area contributed by atoms with E-state index >= 15 is 0 Å². The number of amides is 1. The summed E-state index contributed by atoms with van der Waals surface area (Å²) < 4.78 is 10.4. The molecule has 0 spiro atoms. The van der Waals surface area contributed by atoms with Crippen LogP contribution >= 0.6 is 0 Å². The molecule has 0 unspecified atom stereocenters. The van der Waals surface area contributed by atoms with Crippen molar-refractivity contribution in [3.8, 4) is 5.75 Å². The van der Waals surface area contributed by atoms with E-state index in [9.17, 15) is 19.7 Å². The van der Waals surface area contributed by atoms with E-state index in [1.807, 2.05) is 0 Å². The molecule has 2 rings (SSSR count). The van der Waals surface area contributed by atoms with Gasteiger partial charge in [0.25, 0.3) is 11.6 Å². The van der Waals surface area contributed by atoms with Crippen molar-refractivity contribution in [1.29, 1.82) is 0 Å². The van der Waals surface area contributed by atoms with Crippen LogP contribution in [0.5, 0.6) is 5.75 Å². The molecule has 8 nitrogen and oxygen atoms in total. The number of carbonyl (C=O) groups excluding carboxylic acids is 2. The van der Waals surface area contributed by atoms with Crippen LogP contribution in [-0.2, 0) is 9.53 Å². The van der Waals surface area contributed by atoms with Crippen LogP contribution in [0.2, 0.25) is 0 Å². The molecular formula is C18H18N2O6. The zero-order chi connectivity index (χ0) is 19.1. The minimum absolute atomic E-state index is 0.0932. The van der Waals surface area contributed by atoms with Crippen molar-refractivity contribution >= 4 is 23.3 Å². The van der Waals surface area contributed by atoms with Gasteiger partial charge in [-0.05, 0) is 44.2 Å². The Hall–Kier alpha value is -3.42. The predicted octanol–water partition coefficient (Wildman–Crippen LogP) is 3.18. The normalized spacial score (nSPS) is 11.3. The molecule has 0 bridgehead atoms. The van der Waals surface area contributed by atoms with Crippen molar-refractivity contribution in [1.82, 2.24) is 0 Å². The molecule has 0 saturated heterocycles. The van der Waals surface area contributed by atoms with E-state index in [1.165, 1.54) is 37.3 Å². The number of hydrogen-bond acceptors (Lipinski definition) is 6. The Kier molecular flexibility index (Phi) is 6.26. The van der Waals surface area contributed by atoms with E-state index in [0.29, 0.717) is 11.3 Å². The summed E-state index contributed by atoms with van der Waals surface area (Å²) in [6, 6.07) is 12.0. The molecule has 0 heterocycles. The van der Waals surface area contributed by atoms with Gasteiger partial charge in [-0.15, -0.1) is 0 Å². The third kappa shape index (κ3) is 4.79. The second-order valence-corrected chi connectivity index (χ2v) is 5.27. The minimum atomic E-state index is -0.900. The summed E-state index contributed by atoms with van der Waals surface area (Å²) in [5, 5.41) is 13.5. The second kappa shape index (κ2) is 8.61. The average molecular weight is 358 g/mol. The highest BCUT2D eigenvalue weighted by Crippen LogP contribution is 2.23. The maximum Gasteiger partial charge on any atom is 0.338 e. The Morgan fingerprint density at radius 2 is 1.81 bits per heavy atom. The number of nitrogens with one attached hydrogen (secondary N) is 1. The molecule has 2 aromatic carbocycles. The second-order valence-electron chi connectivity index (χ2n) is 5.27. The number of benzene rings is 2. The summed E-state index contributed by atoms with van der Waals surface area (Å²) in [6.07, 6.45) is -0.900. The lowest BCUT2D eigenvalue weighted by molar-refractivity contribution is -0.383. The molecule has 1 N–H and O–H groups in total. The van der Waals surface area contributed by atoms with Crippen LogP contribution < -0.4 is 10.1 Å². The van der Waals surface area contributed by atoms with E-state index in [-0.39, 0.29) is 18.0 Å². The molecule has 0 aliphatic rings. The highest BCUT2D eigenvalue weighted by molar-refractivity contribution is 5.96. The van der Waals surface area contributed by atoms with Crippen LogP contribution in [0.1, 0.15) is 24.2 Å². The van der Waals surface area contributed by atoms with Gasteiger partial charge in [-0.2, -0.15) is 0 Å². The van der Waals surface area contributed by atoms with Gasteiger partial charge in [-0.3, -0.25) is 14.9 Å². The third-order valence-electron chi connectivity index (χ3n) is 3.41. The minimum Gasteiger partial charge on any atom is -0.481 e. The first kappa shape index (κ1) is 18.9. The molecule has 0 aliphatic carbocycles. The number of ether oxygens (including phenoxy) is 2. The van der Waals surface area contributed by atoms with Gasteiger partial charge in [-0.1, -0.05) is 12.1 Å². The average Bonchev–Trinajstić information content (AvgIpc) is 2.62. The topological polar surface area (TPSA) is 108 Å². The van der Waals surface area contributed by atoms with Gasteiger partial charge < -0.3 is 14.8 Å². The summed E-state index contributed by atoms with van der Waals surface area (Å²) in [7, 11) is 0. The van der Waals surface area contributed by atoms with Crippen LogP contribution in [0.3, 0.4) is 0 Å². The molecule has 8 heteroatoms. The van der Waals surface area contributed by atoms with E-state index in [4.69, 9.17) is 9.47 Å². The van der Waals surface area contributed by atoms with Crippen molar-refractivity contribution in [3.05, 3.63) is 64.2 Å². The van der Waals surface area contributed by atoms with E-state index in [0.717, 1.165) is 0 Å². The van der Waals surface area contributed by atoms with Crippen LogP contribution in [0.4, 0.5) is 11.4 Å². The lowest BCUT2D eigenvalue weighted by Crippen LogP contribution is -2.30. The molecule has 0 radical (unpaired) electrons. The lowest BCUT2D eigenvalue weighted by atomic mass is 10.2. The molecule has 1 amide bonds. The van der Waals surface area contributed by atoms with Crippen molar-refractivity contribution in [3.63, 3.8) is 0 Å². The summed E-state index contributed by atoms with van der Waals surface area (Å²) in [5.74, 6) is -0.599. The van der Waals surface area contributed by atoms with Gasteiger partial charge in [-0.25, -0.2) is 4.79 Å². The van der Waals surface area contributed by atoms with Crippen molar-refractivity contribution in [2.24, 2.45) is 0 Å². The predicted molar refractivity (Wildman–Crippen MR) is 94.2 cm³/mol. The van der Waals surface area contributed by atoms with Gasteiger partial charge in [0.05, 0.1) is 17.1 Å². The first-order chi connectivity index (χ1) is 12.4. The number of nitrogens with zero attached hydrogens (tertiary/aromatic N) is 1. The number of nitro groups is 1. The molecule has 2 aromatic rings. The Bertz CT molecular complexity index is 804. The van der Waals surface area contributed by atoms with Gasteiger partial charge in [0.15, 0.2) is 6.10 Å². The fourth-order valence-electron chi connectivity index (χ4n) is 2.11. The van der Waals surface area contributed by atoms with Crippen molar-refractivity contribution < 1.29 is 24.0 Å². The number of esters is 1. The van der Waals surface area contributed by atoms with Gasteiger partial charge >= 0.3 is 5.97 Å². The van der Waals surface area contributed by atoms with Crippen molar-refractivity contribution in [2.45, 2.75) is 20.0 Å². The van der Waals surface area contributed by atoms with Crippen LogP contribution in [-0.4, -0.2) is 29.5 Å². The Morgan fingerprint density at radius 3 is 2.42 bits per heavy atom. The number of para-hydroxylation sites is 2. The monoisotopic (exact) mass is 358 g/mol. The van der Waals surface area contributed by atoms with E-state index in [1.54, 1.807) is 25.1 Å². The molecular weight excluding hydrogens is 340 g/mol. The van der Waals surface area contributed by atoms with Gasteiger partial charge in [0.1, 0.15) is 11.4 Å². The summed E-state index contributed by atoms with van der Waals surface area (Å²) in [6.45, 7) is 3.51. The zero-order valence-electron chi connectivity index (χ0n) is 14.3. The quantitative estimate of drug-likeness (QED) is 0.463. The fourth-order valence-corrected chi connectivity index (χ4v) is 2.11. The summed E-state index contributed by atoms with van der Waals surface area (Å²) >= 11 is 0. The number of nitro benzene ring substituents is 1. The summed E-state index contributed by atoms with van der Waals surface area (Å²) in [4.78, 5) is 34.2. The third-order valence-corrected chi connectivity index (χ3v) is 3.41. The number of anilines is 1. The fraction of sp³-hybridized carbons (Fsp3) is 0.222. The maximum absolute atomic E-state index is 12.2. The Labute approximate surface area is 149 Å². The number of carbonyl (C=O) groups is 2. The smallest absolute Gasteiger partial charge is 0.338 e. The Morgan fingerprint density at radius 1 is 1.15 bits per heavy atom. The van der Waals surface area contributed by atoms with Gasteiger partial charge in [0, 0.05) is 6.07 Å². The number of rotatable bonds is 7. The molecule has 0 saturated carbocycles. The standard InChI is InChI=1S/C18H18N2O6/c1-3-25-18(22)13-8-10-14(11-9-13)26-12(2)17(21)19-15-6-4-5-7-16(15)20(23)24/h4-12H,3H2,1-2H3,(H,19,21)/t12-/m0/s1. The van der Waals surface area contributed by atoms with Crippen LogP contribution in [0, 0.1) is 10.1 Å². The molecule has 0 aromatic heterocycles. The highest BCUT2D eigenvalue weighted by Gasteiger charge is 2.20. The highest BCUT2D eigenvalue weighted by atomic mass is 16.6. The van der Waals surface area contributed by atoms with Gasteiger partial charge in [0.2, 0.25) is 0 Å². The molecule has 136 valence electrons. The molecule has 1 atom stereocenters. The first-order valence-electron chi connectivity index (χ1n) is 7.90. The SMILES string of the molecule is CCOC(=O)c1ccc(O[C@@H](C)C(=O)Nc2ccccc2[N+](=O)[O-])cc1. The molecule has 26 heavy (non-hydrogen) atoms. The van der Waals surface area contributed by atoms with Crippen LogP contribution in [0.25, 0.3) is 0 Å².